The van der Waals surface area contributed by atoms with Gasteiger partial charge >= 0.3 is 7.05 Å². The van der Waals surface area contributed by atoms with Crippen molar-refractivity contribution in [2.45, 2.75) is 0 Å². The number of rotatable bonds is 6. The zero-order valence-electron chi connectivity index (χ0n) is 21.6. The van der Waals surface area contributed by atoms with Gasteiger partial charge in [-0.15, -0.1) is 4.17 Å². The second-order valence-electron chi connectivity index (χ2n) is 9.29. The lowest BCUT2D eigenvalue weighted by Crippen LogP contribution is -2.31. The molecule has 3 heteroatoms. The summed E-state index contributed by atoms with van der Waals surface area (Å²) in [6.07, 6.45) is 0. The van der Waals surface area contributed by atoms with Crippen LogP contribution < -0.4 is 36.0 Å². The Morgan fingerprint density at radius 3 is 0.949 bits per heavy atom. The van der Waals surface area contributed by atoms with Crippen LogP contribution in [-0.2, 0) is 0 Å². The van der Waals surface area contributed by atoms with Gasteiger partial charge in [0.25, 0.3) is 7.05 Å². The Hall–Kier alpha value is -4.11. The lowest BCUT2D eigenvalue weighted by Gasteiger charge is -2.22. The molecule has 0 saturated carbocycles. The zero-order chi connectivity index (χ0) is 26.4. The van der Waals surface area contributed by atoms with E-state index < -0.39 is 14.1 Å². The first kappa shape index (κ1) is 25.2. The molecule has 0 radical (unpaired) electrons. The van der Waals surface area contributed by atoms with Gasteiger partial charge in [0.1, 0.15) is 0 Å². The number of hydrogen-bond donors (Lipinski definition) is 0. The standard InChI is InChI=1S/C36H29NP2/c1-7-19-31(20-8-1)38(32-21-9-2-10-22-32,33-23-11-3-12-24-33)37-39(34-25-13-4-14-26-34,35-27-15-5-16-28-35)36-29-17-6-18-30-36/h1-29H. The topological polar surface area (TPSA) is 14.1 Å². The molecular formula is C36H29NP2. The minimum atomic E-state index is -2.55. The molecule has 0 N–H and O–H groups in total. The Kier molecular flexibility index (Phi) is 7.31. The average molecular weight is 538 g/mol. The highest BCUT2D eigenvalue weighted by molar-refractivity contribution is 7.93. The van der Waals surface area contributed by atoms with Crippen molar-refractivity contribution in [3.8, 4) is 0 Å². The van der Waals surface area contributed by atoms with E-state index in [-0.39, 0.29) is 0 Å². The van der Waals surface area contributed by atoms with Crippen LogP contribution >= 0.6 is 14.1 Å². The van der Waals surface area contributed by atoms with Gasteiger partial charge in [0.15, 0.2) is 0 Å². The summed E-state index contributed by atoms with van der Waals surface area (Å²) < 4.78 is 6.35. The summed E-state index contributed by atoms with van der Waals surface area (Å²) >= 11 is 0. The van der Waals surface area contributed by atoms with E-state index in [1.54, 1.807) is 0 Å². The van der Waals surface area contributed by atoms with Gasteiger partial charge in [-0.1, -0.05) is 96.3 Å². The lowest BCUT2D eigenvalue weighted by atomic mass is 10.4. The molecule has 0 atom stereocenters. The van der Waals surface area contributed by atoms with E-state index in [0.717, 1.165) is 5.30 Å². The molecule has 6 aromatic rings. The van der Waals surface area contributed by atoms with Gasteiger partial charge in [0.2, 0.25) is 0 Å². The first-order valence-corrected chi connectivity index (χ1v) is 16.6. The molecule has 0 aliphatic rings. The fraction of sp³-hybridized carbons (Fsp3) is 0. The van der Waals surface area contributed by atoms with E-state index in [0.29, 0.717) is 0 Å². The maximum absolute atomic E-state index is 6.35. The van der Waals surface area contributed by atoms with Crippen LogP contribution in [0.3, 0.4) is 0 Å². The normalized spacial score (nSPS) is 11.5. The molecule has 0 aliphatic heterocycles. The monoisotopic (exact) mass is 537 g/mol. The van der Waals surface area contributed by atoms with Crippen molar-refractivity contribution >= 4 is 45.9 Å². The Labute approximate surface area is 231 Å². The van der Waals surface area contributed by atoms with Crippen molar-refractivity contribution in [2.24, 2.45) is 0 Å². The minimum Gasteiger partial charge on any atom is -0.176 e. The maximum atomic E-state index is 6.35. The summed E-state index contributed by atoms with van der Waals surface area (Å²) in [7, 11) is -5.07. The third-order valence-corrected chi connectivity index (χ3v) is 15.3. The number of hydrogen-bond acceptors (Lipinski definition) is 0. The molecule has 0 amide bonds. The van der Waals surface area contributed by atoms with Crippen LogP contribution in [0, 0.1) is 6.07 Å². The highest BCUT2D eigenvalue weighted by atomic mass is 31.2. The third-order valence-electron chi connectivity index (χ3n) is 6.96. The molecule has 39 heavy (non-hydrogen) atoms. The molecule has 188 valence electrons. The van der Waals surface area contributed by atoms with Gasteiger partial charge in [-0.05, 0) is 60.7 Å². The zero-order valence-corrected chi connectivity index (χ0v) is 23.4. The summed E-state index contributed by atoms with van der Waals surface area (Å²) in [4.78, 5) is 0. The Morgan fingerprint density at radius 2 is 0.641 bits per heavy atom. The molecule has 1 nitrogen and oxygen atoms in total. The second kappa shape index (κ2) is 11.3. The minimum absolute atomic E-state index is 1.13. The molecule has 0 unspecified atom stereocenters. The Balaban J connectivity index is 2.02. The molecule has 6 aromatic carbocycles. The molecule has 0 bridgehead atoms. The van der Waals surface area contributed by atoms with Crippen LogP contribution in [0.25, 0.3) is 0 Å². The highest BCUT2D eigenvalue weighted by Crippen LogP contribution is 2.50. The second-order valence-corrected chi connectivity index (χ2v) is 15.6. The molecular weight excluding hydrogens is 508 g/mol. The van der Waals surface area contributed by atoms with E-state index in [1.807, 2.05) is 12.1 Å². The van der Waals surface area contributed by atoms with Crippen LogP contribution in [0.2, 0.25) is 0 Å². The fourth-order valence-electron chi connectivity index (χ4n) is 5.19. The largest absolute Gasteiger partial charge is 0.301 e. The van der Waals surface area contributed by atoms with Gasteiger partial charge in [0.05, 0.1) is 26.5 Å². The summed E-state index contributed by atoms with van der Waals surface area (Å²) in [5.41, 5.74) is 0. The molecule has 0 fully saturated rings. The van der Waals surface area contributed by atoms with Crippen LogP contribution in [-0.4, -0.2) is 0 Å². The van der Waals surface area contributed by atoms with Gasteiger partial charge < -0.3 is 0 Å². The van der Waals surface area contributed by atoms with Crippen molar-refractivity contribution in [3.05, 3.63) is 182 Å². The Bertz CT molecular complexity index is 1420. The molecule has 0 saturated heterocycles. The first-order valence-electron chi connectivity index (χ1n) is 13.1. The SMILES string of the molecule is [c-]1ccccc1P(=[N+]=P(c1ccccc1)(c1ccccc1)c1ccccc1)(c1ccccc1)c1ccccc1. The predicted molar refractivity (Wildman–Crippen MR) is 171 cm³/mol. The number of benzene rings is 6. The number of nitrogens with zero attached hydrogens (tertiary/aromatic N) is 1. The van der Waals surface area contributed by atoms with Crippen molar-refractivity contribution in [3.63, 3.8) is 0 Å². The van der Waals surface area contributed by atoms with E-state index in [9.17, 15) is 0 Å². The molecule has 0 heterocycles. The summed E-state index contributed by atoms with van der Waals surface area (Å²) in [5, 5.41) is 7.32. The van der Waals surface area contributed by atoms with E-state index in [2.05, 4.69) is 170 Å². The predicted octanol–water partition coefficient (Wildman–Crippen LogP) is 6.21. The van der Waals surface area contributed by atoms with Crippen molar-refractivity contribution < 1.29 is 0 Å². The quantitative estimate of drug-likeness (QED) is 0.136. The van der Waals surface area contributed by atoms with Gasteiger partial charge in [-0.3, -0.25) is 0 Å². The Morgan fingerprint density at radius 1 is 0.333 bits per heavy atom. The van der Waals surface area contributed by atoms with Gasteiger partial charge in [-0.25, -0.2) is 0 Å². The molecule has 6 rings (SSSR count). The van der Waals surface area contributed by atoms with Crippen LogP contribution in [0.5, 0.6) is 0 Å². The van der Waals surface area contributed by atoms with Gasteiger partial charge in [0, 0.05) is 0 Å². The third kappa shape index (κ3) is 4.67. The van der Waals surface area contributed by atoms with Crippen molar-refractivity contribution in [1.82, 2.24) is 4.17 Å². The first-order chi connectivity index (χ1) is 19.3. The fourth-order valence-corrected chi connectivity index (χ4v) is 14.6. The lowest BCUT2D eigenvalue weighted by molar-refractivity contribution is 1.66. The van der Waals surface area contributed by atoms with Crippen LogP contribution in [0.4, 0.5) is 0 Å². The summed E-state index contributed by atoms with van der Waals surface area (Å²) in [5.74, 6) is 0. The summed E-state index contributed by atoms with van der Waals surface area (Å²) in [6, 6.07) is 66.5. The average Bonchev–Trinajstić information content (AvgIpc) is 3.04. The molecule has 0 aliphatic carbocycles. The summed E-state index contributed by atoms with van der Waals surface area (Å²) in [6.45, 7) is 0. The molecule has 0 aromatic heterocycles. The van der Waals surface area contributed by atoms with Crippen molar-refractivity contribution in [1.29, 1.82) is 0 Å². The van der Waals surface area contributed by atoms with Crippen molar-refractivity contribution in [2.75, 3.05) is 0 Å². The molecule has 0 spiro atoms. The smallest absolute Gasteiger partial charge is 0.176 e. The van der Waals surface area contributed by atoms with E-state index in [1.165, 1.54) is 26.5 Å². The highest BCUT2D eigenvalue weighted by Gasteiger charge is 2.42. The maximum Gasteiger partial charge on any atom is 0.301 e. The van der Waals surface area contributed by atoms with Gasteiger partial charge in [-0.2, -0.15) is 30.3 Å². The van der Waals surface area contributed by atoms with E-state index >= 15 is 0 Å². The van der Waals surface area contributed by atoms with Crippen LogP contribution in [0.15, 0.2) is 176 Å². The van der Waals surface area contributed by atoms with E-state index in [4.69, 9.17) is 4.17 Å². The van der Waals surface area contributed by atoms with Crippen LogP contribution in [0.1, 0.15) is 0 Å².